The first-order chi connectivity index (χ1) is 7.77. The van der Waals surface area contributed by atoms with Gasteiger partial charge in [0.25, 0.3) is 0 Å². The van der Waals surface area contributed by atoms with E-state index in [-0.39, 0.29) is 34.2 Å². The lowest BCUT2D eigenvalue weighted by Crippen LogP contribution is -2.07. The zero-order valence-electron chi connectivity index (χ0n) is 10.3. The van der Waals surface area contributed by atoms with Crippen molar-refractivity contribution < 1.29 is 24.2 Å². The minimum absolute atomic E-state index is 0.0265. The smallest absolute Gasteiger partial charge is 0.164 e. The molecule has 2 N–H and O–H groups in total. The molecule has 17 heavy (non-hydrogen) atoms. The van der Waals surface area contributed by atoms with Crippen molar-refractivity contribution >= 4 is 11.6 Å². The summed E-state index contributed by atoms with van der Waals surface area (Å²) in [5.41, 5.74) is 0.117. The predicted octanol–water partition coefficient (Wildman–Crippen LogP) is 1.79. The lowest BCUT2D eigenvalue weighted by atomic mass is 9.99. The molecule has 0 saturated carbocycles. The summed E-state index contributed by atoms with van der Waals surface area (Å²) in [4.78, 5) is 23.1. The van der Waals surface area contributed by atoms with Gasteiger partial charge in [0.15, 0.2) is 11.6 Å². The van der Waals surface area contributed by atoms with Gasteiger partial charge in [-0.2, -0.15) is 0 Å². The van der Waals surface area contributed by atoms with Crippen LogP contribution in [0.25, 0.3) is 0 Å². The Morgan fingerprint density at radius 3 is 1.41 bits per heavy atom. The number of carbonyl (C=O) groups excluding carboxylic acids is 2. The van der Waals surface area contributed by atoms with Crippen LogP contribution in [0.2, 0.25) is 0 Å². The second-order valence-corrected chi connectivity index (χ2v) is 4.04. The van der Waals surface area contributed by atoms with Crippen LogP contribution in [0.3, 0.4) is 0 Å². The van der Waals surface area contributed by atoms with Gasteiger partial charge in [-0.25, -0.2) is 0 Å². The summed E-state index contributed by atoms with van der Waals surface area (Å²) in [6, 6.07) is 0. The van der Waals surface area contributed by atoms with Gasteiger partial charge in [0.1, 0.15) is 23.7 Å². The van der Waals surface area contributed by atoms with Crippen molar-refractivity contribution in [1.82, 2.24) is 0 Å². The number of Topliss-reactive ketones (excluding diaryl/α,β-unsaturated/α-hetero) is 2. The molecule has 0 radical (unpaired) electrons. The number of hydrogen-bond acceptors (Lipinski definition) is 5. The van der Waals surface area contributed by atoms with E-state index in [1.807, 2.05) is 0 Å². The van der Waals surface area contributed by atoms with Crippen LogP contribution in [-0.4, -0.2) is 21.8 Å². The molecule has 0 aliphatic carbocycles. The minimum atomic E-state index is -1.01. The van der Waals surface area contributed by atoms with E-state index < -0.39 is 12.2 Å². The Kier molecular flexibility index (Phi) is 3.85. The van der Waals surface area contributed by atoms with E-state index >= 15 is 0 Å². The Balaban J connectivity index is 3.61. The molecule has 0 aliphatic rings. The van der Waals surface area contributed by atoms with Crippen LogP contribution >= 0.6 is 0 Å². The van der Waals surface area contributed by atoms with E-state index in [0.717, 1.165) is 0 Å². The van der Waals surface area contributed by atoms with Crippen molar-refractivity contribution in [3.8, 4) is 0 Å². The molecule has 1 rings (SSSR count). The molecule has 0 spiro atoms. The first-order valence-electron chi connectivity index (χ1n) is 5.31. The Hall–Kier alpha value is -1.46. The topological polar surface area (TPSA) is 87.7 Å². The maximum Gasteiger partial charge on any atom is 0.164 e. The van der Waals surface area contributed by atoms with E-state index in [1.165, 1.54) is 27.7 Å². The number of hydrogen-bond donors (Lipinski definition) is 2. The van der Waals surface area contributed by atoms with Crippen LogP contribution in [0, 0.1) is 0 Å². The molecular weight excluding hydrogens is 224 g/mol. The first-order valence-corrected chi connectivity index (χ1v) is 5.31. The number of aliphatic hydroxyl groups excluding tert-OH is 2. The first kappa shape index (κ1) is 13.6. The van der Waals surface area contributed by atoms with Crippen LogP contribution in [0.1, 0.15) is 72.1 Å². The normalized spacial score (nSPS) is 14.5. The van der Waals surface area contributed by atoms with Crippen molar-refractivity contribution in [2.45, 2.75) is 39.9 Å². The third kappa shape index (κ3) is 2.45. The predicted molar refractivity (Wildman–Crippen MR) is 60.0 cm³/mol. The number of carbonyl (C=O) groups is 2. The average molecular weight is 240 g/mol. The van der Waals surface area contributed by atoms with Crippen LogP contribution in [0.15, 0.2) is 4.42 Å². The number of rotatable bonds is 4. The van der Waals surface area contributed by atoms with Crippen LogP contribution in [-0.2, 0) is 0 Å². The molecule has 5 heteroatoms. The van der Waals surface area contributed by atoms with Crippen LogP contribution in [0.4, 0.5) is 0 Å². The maximum atomic E-state index is 11.5. The molecule has 1 aromatic rings. The molecule has 1 aromatic heterocycles. The molecule has 2 atom stereocenters. The van der Waals surface area contributed by atoms with Crippen molar-refractivity contribution in [2.75, 3.05) is 0 Å². The third-order valence-electron chi connectivity index (χ3n) is 2.43. The van der Waals surface area contributed by atoms with E-state index in [0.29, 0.717) is 0 Å². The Labute approximate surface area is 99.1 Å². The van der Waals surface area contributed by atoms with Gasteiger partial charge in [0.2, 0.25) is 0 Å². The Bertz CT molecular complexity index is 413. The Morgan fingerprint density at radius 2 is 1.24 bits per heavy atom. The van der Waals surface area contributed by atoms with E-state index in [1.54, 1.807) is 0 Å². The monoisotopic (exact) mass is 240 g/mol. The number of aliphatic hydroxyl groups is 2. The van der Waals surface area contributed by atoms with Gasteiger partial charge in [0, 0.05) is 0 Å². The molecule has 0 bridgehead atoms. The summed E-state index contributed by atoms with van der Waals surface area (Å²) >= 11 is 0. The van der Waals surface area contributed by atoms with Crippen molar-refractivity contribution in [3.63, 3.8) is 0 Å². The van der Waals surface area contributed by atoms with Crippen molar-refractivity contribution in [3.05, 3.63) is 22.6 Å². The second-order valence-electron chi connectivity index (χ2n) is 4.04. The van der Waals surface area contributed by atoms with Gasteiger partial charge in [-0.1, -0.05) is 0 Å². The molecule has 0 amide bonds. The molecule has 0 aromatic carbocycles. The van der Waals surface area contributed by atoms with Gasteiger partial charge < -0.3 is 14.6 Å². The fourth-order valence-electron chi connectivity index (χ4n) is 1.75. The fourth-order valence-corrected chi connectivity index (χ4v) is 1.75. The molecule has 2 unspecified atom stereocenters. The summed E-state index contributed by atoms with van der Waals surface area (Å²) in [5.74, 6) is -0.694. The number of ketones is 2. The second kappa shape index (κ2) is 4.81. The zero-order valence-corrected chi connectivity index (χ0v) is 10.3. The van der Waals surface area contributed by atoms with Gasteiger partial charge in [0.05, 0.1) is 11.1 Å². The molecule has 0 aliphatic heterocycles. The van der Waals surface area contributed by atoms with E-state index in [9.17, 15) is 19.8 Å². The largest absolute Gasteiger partial charge is 0.459 e. The molecule has 1 heterocycles. The van der Waals surface area contributed by atoms with Crippen molar-refractivity contribution in [2.24, 2.45) is 0 Å². The average Bonchev–Trinajstić information content (AvgIpc) is 2.56. The highest BCUT2D eigenvalue weighted by atomic mass is 16.4. The van der Waals surface area contributed by atoms with Crippen LogP contribution in [0.5, 0.6) is 0 Å². The van der Waals surface area contributed by atoms with Crippen LogP contribution < -0.4 is 0 Å². The van der Waals surface area contributed by atoms with Gasteiger partial charge >= 0.3 is 0 Å². The zero-order chi connectivity index (χ0) is 13.3. The summed E-state index contributed by atoms with van der Waals surface area (Å²) < 4.78 is 5.25. The highest BCUT2D eigenvalue weighted by molar-refractivity contribution is 6.08. The number of furan rings is 1. The molecule has 94 valence electrons. The van der Waals surface area contributed by atoms with Gasteiger partial charge in [-0.15, -0.1) is 0 Å². The highest BCUT2D eigenvalue weighted by Gasteiger charge is 2.29. The summed E-state index contributed by atoms with van der Waals surface area (Å²) in [6.07, 6.45) is -2.03. The molecule has 0 saturated heterocycles. The maximum absolute atomic E-state index is 11.5. The summed E-state index contributed by atoms with van der Waals surface area (Å²) in [6.45, 7) is 5.44. The molecular formula is C12H16O5. The van der Waals surface area contributed by atoms with E-state index in [4.69, 9.17) is 4.42 Å². The fraction of sp³-hybridized carbons (Fsp3) is 0.500. The summed E-state index contributed by atoms with van der Waals surface area (Å²) in [5, 5.41) is 19.0. The molecule has 5 nitrogen and oxygen atoms in total. The van der Waals surface area contributed by atoms with Gasteiger partial charge in [-0.3, -0.25) is 9.59 Å². The Morgan fingerprint density at radius 1 is 0.941 bits per heavy atom. The lowest BCUT2D eigenvalue weighted by molar-refractivity contribution is 0.0974. The quantitative estimate of drug-likeness (QED) is 0.783. The third-order valence-corrected chi connectivity index (χ3v) is 2.43. The van der Waals surface area contributed by atoms with E-state index in [2.05, 4.69) is 0 Å². The standard InChI is InChI=1S/C12H16O5/c1-5(13)9-10(6(2)14)12(8(4)16)17-11(9)7(3)15/h7-8,15-16H,1-4H3. The summed E-state index contributed by atoms with van der Waals surface area (Å²) in [7, 11) is 0. The van der Waals surface area contributed by atoms with Gasteiger partial charge in [-0.05, 0) is 27.7 Å². The van der Waals surface area contributed by atoms with Crippen molar-refractivity contribution in [1.29, 1.82) is 0 Å². The highest BCUT2D eigenvalue weighted by Crippen LogP contribution is 2.32. The molecule has 0 fully saturated rings. The minimum Gasteiger partial charge on any atom is -0.459 e. The SMILES string of the molecule is CC(=O)c1c(C(C)O)oc(C(C)O)c1C(C)=O. The lowest BCUT2D eigenvalue weighted by Gasteiger charge is -2.02.